The van der Waals surface area contributed by atoms with Crippen molar-refractivity contribution in [1.82, 2.24) is 4.90 Å². The van der Waals surface area contributed by atoms with Gasteiger partial charge in [0, 0.05) is 13.1 Å². The average Bonchev–Trinajstić information content (AvgIpc) is 1.91. The van der Waals surface area contributed by atoms with E-state index < -0.39 is 0 Å². The second kappa shape index (κ2) is 5.36. The van der Waals surface area contributed by atoms with Crippen molar-refractivity contribution in [3.05, 3.63) is 0 Å². The molecule has 0 saturated heterocycles. The molecule has 0 aliphatic heterocycles. The third-order valence-corrected chi connectivity index (χ3v) is 1.72. The maximum Gasteiger partial charge on any atom is 0.234 e. The standard InChI is InChI=1S/C6H12NO2P/c1-3-7(4-2)6(8)5-10-9/h3-5H2,1-2H3. The molecule has 0 aromatic heterocycles. The SMILES string of the molecule is CCN(CC)C(=O)CP=O. The fourth-order valence-electron chi connectivity index (χ4n) is 0.732. The first-order valence-electron chi connectivity index (χ1n) is 3.33. The van der Waals surface area contributed by atoms with Gasteiger partial charge in [0.25, 0.3) is 0 Å². The molecule has 0 aromatic rings. The lowest BCUT2D eigenvalue weighted by atomic mass is 10.5. The molecule has 4 heteroatoms. The quantitative estimate of drug-likeness (QED) is 0.580. The summed E-state index contributed by atoms with van der Waals surface area (Å²) in [5.41, 5.74) is 0. The summed E-state index contributed by atoms with van der Waals surface area (Å²) in [6.45, 7) is 5.21. The van der Waals surface area contributed by atoms with E-state index in [4.69, 9.17) is 0 Å². The van der Waals surface area contributed by atoms with Gasteiger partial charge in [-0.05, 0) is 13.8 Å². The summed E-state index contributed by atoms with van der Waals surface area (Å²) >= 11 is 0. The first-order chi connectivity index (χ1) is 4.76. The highest BCUT2D eigenvalue weighted by Crippen LogP contribution is 1.96. The maximum atomic E-state index is 10.9. The summed E-state index contributed by atoms with van der Waals surface area (Å²) in [5, 5.41) is 0. The van der Waals surface area contributed by atoms with Crippen molar-refractivity contribution in [2.75, 3.05) is 19.3 Å². The minimum atomic E-state index is -0.0883. The molecule has 3 nitrogen and oxygen atoms in total. The van der Waals surface area contributed by atoms with Crippen molar-refractivity contribution < 1.29 is 9.36 Å². The molecule has 10 heavy (non-hydrogen) atoms. The molecule has 0 atom stereocenters. The van der Waals surface area contributed by atoms with E-state index in [1.165, 1.54) is 0 Å². The first-order valence-corrected chi connectivity index (χ1v) is 4.32. The van der Waals surface area contributed by atoms with E-state index >= 15 is 0 Å². The minimum Gasteiger partial charge on any atom is -0.343 e. The van der Waals surface area contributed by atoms with E-state index in [1.54, 1.807) is 4.90 Å². The Labute approximate surface area is 62.6 Å². The Morgan fingerprint density at radius 3 is 2.20 bits per heavy atom. The number of carbonyl (C=O) groups excluding carboxylic acids is 1. The third-order valence-electron chi connectivity index (χ3n) is 1.32. The van der Waals surface area contributed by atoms with Crippen LogP contribution in [-0.2, 0) is 9.36 Å². The van der Waals surface area contributed by atoms with Crippen LogP contribution < -0.4 is 0 Å². The molecule has 0 heterocycles. The normalized spacial score (nSPS) is 9.80. The molecule has 0 bridgehead atoms. The second-order valence-corrected chi connectivity index (χ2v) is 2.43. The molecule has 0 saturated carbocycles. The van der Waals surface area contributed by atoms with Crippen LogP contribution >= 0.6 is 8.46 Å². The van der Waals surface area contributed by atoms with E-state index in [-0.39, 0.29) is 20.5 Å². The zero-order valence-electron chi connectivity index (χ0n) is 6.33. The minimum absolute atomic E-state index is 0.0401. The van der Waals surface area contributed by atoms with Crippen molar-refractivity contribution in [3.8, 4) is 0 Å². The van der Waals surface area contributed by atoms with Crippen LogP contribution in [0.15, 0.2) is 0 Å². The summed E-state index contributed by atoms with van der Waals surface area (Å²) in [6, 6.07) is 0. The van der Waals surface area contributed by atoms with Crippen LogP contribution in [0.25, 0.3) is 0 Å². The van der Waals surface area contributed by atoms with Gasteiger partial charge in [-0.3, -0.25) is 9.36 Å². The molecule has 1 amide bonds. The highest BCUT2D eigenvalue weighted by molar-refractivity contribution is 7.25. The lowest BCUT2D eigenvalue weighted by Gasteiger charge is -2.16. The van der Waals surface area contributed by atoms with Gasteiger partial charge in [-0.2, -0.15) is 0 Å². The zero-order valence-corrected chi connectivity index (χ0v) is 7.23. The maximum absolute atomic E-state index is 10.9. The van der Waals surface area contributed by atoms with Gasteiger partial charge in [0.2, 0.25) is 5.91 Å². The van der Waals surface area contributed by atoms with Crippen LogP contribution in [0.5, 0.6) is 0 Å². The number of hydrogen-bond acceptors (Lipinski definition) is 2. The van der Waals surface area contributed by atoms with E-state index in [0.29, 0.717) is 13.1 Å². The molecule has 0 unspecified atom stereocenters. The van der Waals surface area contributed by atoms with Crippen LogP contribution in [0.4, 0.5) is 0 Å². The highest BCUT2D eigenvalue weighted by Gasteiger charge is 2.07. The van der Waals surface area contributed by atoms with Gasteiger partial charge >= 0.3 is 0 Å². The molecular weight excluding hydrogens is 149 g/mol. The Bertz CT molecular complexity index is 123. The van der Waals surface area contributed by atoms with Crippen LogP contribution in [-0.4, -0.2) is 30.1 Å². The van der Waals surface area contributed by atoms with E-state index in [2.05, 4.69) is 0 Å². The number of carbonyl (C=O) groups is 1. The largest absolute Gasteiger partial charge is 0.343 e. The number of amides is 1. The molecule has 0 aliphatic carbocycles. The van der Waals surface area contributed by atoms with E-state index in [9.17, 15) is 9.36 Å². The van der Waals surface area contributed by atoms with Gasteiger partial charge in [-0.1, -0.05) is 0 Å². The summed E-state index contributed by atoms with van der Waals surface area (Å²) in [5.74, 6) is -0.0401. The van der Waals surface area contributed by atoms with Crippen LogP contribution in [0, 0.1) is 0 Å². The first kappa shape index (κ1) is 9.57. The summed E-state index contributed by atoms with van der Waals surface area (Å²) in [7, 11) is -0.0883. The van der Waals surface area contributed by atoms with Crippen molar-refractivity contribution in [2.24, 2.45) is 0 Å². The van der Waals surface area contributed by atoms with Gasteiger partial charge in [0.15, 0.2) is 8.46 Å². The number of hydrogen-bond donors (Lipinski definition) is 0. The van der Waals surface area contributed by atoms with E-state index in [1.807, 2.05) is 13.8 Å². The lowest BCUT2D eigenvalue weighted by Crippen LogP contribution is -2.31. The molecule has 0 fully saturated rings. The van der Waals surface area contributed by atoms with Crippen molar-refractivity contribution in [2.45, 2.75) is 13.8 Å². The Balaban J connectivity index is 3.76. The number of nitrogens with zero attached hydrogens (tertiary/aromatic N) is 1. The van der Waals surface area contributed by atoms with Crippen molar-refractivity contribution in [3.63, 3.8) is 0 Å². The lowest BCUT2D eigenvalue weighted by molar-refractivity contribution is -0.128. The zero-order chi connectivity index (χ0) is 7.98. The Morgan fingerprint density at radius 2 is 1.90 bits per heavy atom. The van der Waals surface area contributed by atoms with Gasteiger partial charge in [0.05, 0.1) is 0 Å². The number of rotatable bonds is 4. The van der Waals surface area contributed by atoms with Gasteiger partial charge in [0.1, 0.15) is 6.16 Å². The highest BCUT2D eigenvalue weighted by atomic mass is 31.1. The predicted molar refractivity (Wildman–Crippen MR) is 40.4 cm³/mol. The molecule has 0 rings (SSSR count). The Kier molecular flexibility index (Phi) is 5.13. The third kappa shape index (κ3) is 2.92. The summed E-state index contributed by atoms with van der Waals surface area (Å²) in [4.78, 5) is 12.6. The molecule has 0 N–H and O–H groups in total. The molecule has 0 spiro atoms. The Hall–Kier alpha value is -0.430. The van der Waals surface area contributed by atoms with Crippen molar-refractivity contribution in [1.29, 1.82) is 0 Å². The Morgan fingerprint density at radius 1 is 1.40 bits per heavy atom. The second-order valence-electron chi connectivity index (χ2n) is 1.85. The predicted octanol–water partition coefficient (Wildman–Crippen LogP) is 1.15. The topological polar surface area (TPSA) is 37.4 Å². The van der Waals surface area contributed by atoms with Crippen LogP contribution in [0.2, 0.25) is 0 Å². The average molecular weight is 161 g/mol. The molecule has 0 aliphatic rings. The van der Waals surface area contributed by atoms with Gasteiger partial charge in [-0.15, -0.1) is 0 Å². The van der Waals surface area contributed by atoms with Gasteiger partial charge in [-0.25, -0.2) is 0 Å². The summed E-state index contributed by atoms with van der Waals surface area (Å²) in [6.07, 6.45) is 0.113. The van der Waals surface area contributed by atoms with Crippen molar-refractivity contribution >= 4 is 14.4 Å². The smallest absolute Gasteiger partial charge is 0.234 e. The molecule has 58 valence electrons. The molecule has 0 aromatic carbocycles. The summed E-state index contributed by atoms with van der Waals surface area (Å²) < 4.78 is 10.0. The molecule has 0 radical (unpaired) electrons. The van der Waals surface area contributed by atoms with Gasteiger partial charge < -0.3 is 4.90 Å². The monoisotopic (exact) mass is 161 g/mol. The fourth-order valence-corrected chi connectivity index (χ4v) is 1.04. The fraction of sp³-hybridized carbons (Fsp3) is 0.833. The van der Waals surface area contributed by atoms with Crippen LogP contribution in [0.1, 0.15) is 13.8 Å². The van der Waals surface area contributed by atoms with Crippen LogP contribution in [0.3, 0.4) is 0 Å². The molecular formula is C6H12NO2P. The van der Waals surface area contributed by atoms with E-state index in [0.717, 1.165) is 0 Å².